The summed E-state index contributed by atoms with van der Waals surface area (Å²) in [5.74, 6) is -0.118. The number of benzene rings is 1. The molecule has 1 aliphatic heterocycles. The Hall–Kier alpha value is -1.86. The SMILES string of the molecule is CC1(O)CCCN(C(=O)c2cccc(C#N)c2)C1. The van der Waals surface area contributed by atoms with Crippen molar-refractivity contribution in [2.75, 3.05) is 13.1 Å². The number of β-amino-alcohol motifs (C(OH)–C–C–N with tert-alkyl or cyclic N) is 1. The topological polar surface area (TPSA) is 64.3 Å². The molecule has 0 bridgehead atoms. The predicted octanol–water partition coefficient (Wildman–Crippen LogP) is 1.55. The molecule has 1 amide bonds. The number of likely N-dealkylation sites (tertiary alicyclic amines) is 1. The van der Waals surface area contributed by atoms with E-state index >= 15 is 0 Å². The third-order valence-electron chi connectivity index (χ3n) is 3.20. The summed E-state index contributed by atoms with van der Waals surface area (Å²) in [7, 11) is 0. The predicted molar refractivity (Wildman–Crippen MR) is 66.9 cm³/mol. The van der Waals surface area contributed by atoms with E-state index in [0.717, 1.165) is 12.8 Å². The van der Waals surface area contributed by atoms with Crippen LogP contribution in [0.4, 0.5) is 0 Å². The third kappa shape index (κ3) is 2.69. The molecule has 1 N–H and O–H groups in total. The van der Waals surface area contributed by atoms with Gasteiger partial charge in [0.2, 0.25) is 0 Å². The number of aliphatic hydroxyl groups is 1. The molecule has 1 heterocycles. The summed E-state index contributed by atoms with van der Waals surface area (Å²) in [5, 5.41) is 18.8. The number of hydrogen-bond acceptors (Lipinski definition) is 3. The van der Waals surface area contributed by atoms with Crippen LogP contribution in [0, 0.1) is 11.3 Å². The van der Waals surface area contributed by atoms with Crippen LogP contribution in [0.5, 0.6) is 0 Å². The Morgan fingerprint density at radius 3 is 3.00 bits per heavy atom. The van der Waals surface area contributed by atoms with Crippen molar-refractivity contribution in [1.82, 2.24) is 4.90 Å². The third-order valence-corrected chi connectivity index (χ3v) is 3.20. The standard InChI is InChI=1S/C14H16N2O2/c1-14(18)6-3-7-16(10-14)13(17)12-5-2-4-11(8-12)9-15/h2,4-5,8,18H,3,6-7,10H2,1H3. The maximum Gasteiger partial charge on any atom is 0.253 e. The lowest BCUT2D eigenvalue weighted by atomic mass is 9.94. The molecule has 1 aromatic rings. The molecule has 1 fully saturated rings. The summed E-state index contributed by atoms with van der Waals surface area (Å²) in [5.41, 5.74) is 0.178. The summed E-state index contributed by atoms with van der Waals surface area (Å²) in [6, 6.07) is 8.68. The lowest BCUT2D eigenvalue weighted by Gasteiger charge is -2.36. The lowest BCUT2D eigenvalue weighted by Crippen LogP contribution is -2.48. The van der Waals surface area contributed by atoms with Gasteiger partial charge in [-0.3, -0.25) is 4.79 Å². The minimum atomic E-state index is -0.805. The van der Waals surface area contributed by atoms with Gasteiger partial charge in [-0.2, -0.15) is 5.26 Å². The lowest BCUT2D eigenvalue weighted by molar-refractivity contribution is -0.0107. The molecule has 1 aliphatic rings. The maximum absolute atomic E-state index is 12.3. The number of amides is 1. The highest BCUT2D eigenvalue weighted by Crippen LogP contribution is 2.22. The summed E-state index contributed by atoms with van der Waals surface area (Å²) >= 11 is 0. The fraction of sp³-hybridized carbons (Fsp3) is 0.429. The normalized spacial score (nSPS) is 23.5. The Kier molecular flexibility index (Phi) is 3.35. The van der Waals surface area contributed by atoms with Crippen molar-refractivity contribution in [3.8, 4) is 6.07 Å². The number of carbonyl (C=O) groups excluding carboxylic acids is 1. The van der Waals surface area contributed by atoms with E-state index in [1.54, 1.807) is 36.1 Å². The van der Waals surface area contributed by atoms with E-state index in [0.29, 0.717) is 24.2 Å². The number of piperidine rings is 1. The van der Waals surface area contributed by atoms with E-state index in [1.807, 2.05) is 6.07 Å². The average molecular weight is 244 g/mol. The summed E-state index contributed by atoms with van der Waals surface area (Å²) in [6.45, 7) is 2.76. The van der Waals surface area contributed by atoms with Gasteiger partial charge in [0.15, 0.2) is 0 Å². The number of nitrogens with zero attached hydrogens (tertiary/aromatic N) is 2. The van der Waals surface area contributed by atoms with Crippen molar-refractivity contribution in [2.45, 2.75) is 25.4 Å². The highest BCUT2D eigenvalue weighted by molar-refractivity contribution is 5.94. The highest BCUT2D eigenvalue weighted by Gasteiger charge is 2.31. The van der Waals surface area contributed by atoms with Gasteiger partial charge >= 0.3 is 0 Å². The van der Waals surface area contributed by atoms with Crippen LogP contribution in [-0.4, -0.2) is 34.6 Å². The molecule has 4 heteroatoms. The van der Waals surface area contributed by atoms with Gasteiger partial charge in [-0.15, -0.1) is 0 Å². The van der Waals surface area contributed by atoms with Crippen LogP contribution in [0.1, 0.15) is 35.7 Å². The molecule has 2 rings (SSSR count). The van der Waals surface area contributed by atoms with Crippen LogP contribution in [-0.2, 0) is 0 Å². The molecule has 4 nitrogen and oxygen atoms in total. The van der Waals surface area contributed by atoms with E-state index in [-0.39, 0.29) is 5.91 Å². The molecule has 0 aromatic heterocycles. The Morgan fingerprint density at radius 2 is 2.33 bits per heavy atom. The number of carbonyl (C=O) groups is 1. The van der Waals surface area contributed by atoms with Gasteiger partial charge in [-0.25, -0.2) is 0 Å². The fourth-order valence-electron chi connectivity index (χ4n) is 2.30. The first-order valence-corrected chi connectivity index (χ1v) is 6.04. The van der Waals surface area contributed by atoms with E-state index in [4.69, 9.17) is 5.26 Å². The quantitative estimate of drug-likeness (QED) is 0.815. The Labute approximate surface area is 106 Å². The number of nitriles is 1. The molecular weight excluding hydrogens is 228 g/mol. The minimum Gasteiger partial charge on any atom is -0.388 e. The van der Waals surface area contributed by atoms with Crippen LogP contribution in [0.2, 0.25) is 0 Å². The first kappa shape index (κ1) is 12.6. The second kappa shape index (κ2) is 4.79. The van der Waals surface area contributed by atoms with E-state index in [2.05, 4.69) is 0 Å². The summed E-state index contributed by atoms with van der Waals surface area (Å²) < 4.78 is 0. The average Bonchev–Trinajstić information content (AvgIpc) is 2.37. The van der Waals surface area contributed by atoms with Gasteiger partial charge in [0.1, 0.15) is 0 Å². The highest BCUT2D eigenvalue weighted by atomic mass is 16.3. The number of rotatable bonds is 1. The van der Waals surface area contributed by atoms with Crippen LogP contribution < -0.4 is 0 Å². The largest absolute Gasteiger partial charge is 0.388 e. The smallest absolute Gasteiger partial charge is 0.253 e. The molecule has 0 aliphatic carbocycles. The summed E-state index contributed by atoms with van der Waals surface area (Å²) in [6.07, 6.45) is 1.52. The van der Waals surface area contributed by atoms with Crippen molar-refractivity contribution in [3.63, 3.8) is 0 Å². The second-order valence-corrected chi connectivity index (χ2v) is 5.02. The van der Waals surface area contributed by atoms with Gasteiger partial charge in [-0.1, -0.05) is 6.07 Å². The molecule has 0 saturated carbocycles. The zero-order valence-corrected chi connectivity index (χ0v) is 10.4. The molecule has 1 atom stereocenters. The fourth-order valence-corrected chi connectivity index (χ4v) is 2.30. The molecule has 1 saturated heterocycles. The van der Waals surface area contributed by atoms with Crippen LogP contribution in [0.15, 0.2) is 24.3 Å². The molecular formula is C14H16N2O2. The molecule has 1 unspecified atom stereocenters. The molecule has 18 heavy (non-hydrogen) atoms. The molecule has 94 valence electrons. The maximum atomic E-state index is 12.3. The van der Waals surface area contributed by atoms with Crippen LogP contribution in [0.25, 0.3) is 0 Å². The minimum absolute atomic E-state index is 0.118. The van der Waals surface area contributed by atoms with E-state index in [9.17, 15) is 9.90 Å². The van der Waals surface area contributed by atoms with Crippen molar-refractivity contribution < 1.29 is 9.90 Å². The number of hydrogen-bond donors (Lipinski definition) is 1. The van der Waals surface area contributed by atoms with Crippen LogP contribution >= 0.6 is 0 Å². The van der Waals surface area contributed by atoms with Gasteiger partial charge in [-0.05, 0) is 38.0 Å². The van der Waals surface area contributed by atoms with Crippen LogP contribution in [0.3, 0.4) is 0 Å². The monoisotopic (exact) mass is 244 g/mol. The van der Waals surface area contributed by atoms with Crippen molar-refractivity contribution in [2.24, 2.45) is 0 Å². The van der Waals surface area contributed by atoms with Gasteiger partial charge < -0.3 is 10.0 Å². The van der Waals surface area contributed by atoms with Crippen molar-refractivity contribution in [1.29, 1.82) is 5.26 Å². The first-order valence-electron chi connectivity index (χ1n) is 6.04. The molecule has 1 aromatic carbocycles. The molecule has 0 spiro atoms. The zero-order chi connectivity index (χ0) is 13.2. The second-order valence-electron chi connectivity index (χ2n) is 5.02. The van der Waals surface area contributed by atoms with Gasteiger partial charge in [0, 0.05) is 18.7 Å². The Bertz CT molecular complexity index is 503. The zero-order valence-electron chi connectivity index (χ0n) is 10.4. The van der Waals surface area contributed by atoms with Gasteiger partial charge in [0.05, 0.1) is 17.2 Å². The first-order chi connectivity index (χ1) is 8.52. The van der Waals surface area contributed by atoms with E-state index < -0.39 is 5.60 Å². The van der Waals surface area contributed by atoms with Crippen molar-refractivity contribution in [3.05, 3.63) is 35.4 Å². The molecule has 0 radical (unpaired) electrons. The Balaban J connectivity index is 2.18. The summed E-state index contributed by atoms with van der Waals surface area (Å²) in [4.78, 5) is 13.9. The van der Waals surface area contributed by atoms with E-state index in [1.165, 1.54) is 0 Å². The van der Waals surface area contributed by atoms with Gasteiger partial charge in [0.25, 0.3) is 5.91 Å². The Morgan fingerprint density at radius 1 is 1.56 bits per heavy atom. The van der Waals surface area contributed by atoms with Crippen molar-refractivity contribution >= 4 is 5.91 Å².